The molecule has 2 aromatic carbocycles. The number of hydrogen-bond donors (Lipinski definition) is 3. The van der Waals surface area contributed by atoms with Crippen molar-refractivity contribution in [2.75, 3.05) is 23.1 Å². The van der Waals surface area contributed by atoms with E-state index >= 15 is 0 Å². The molecule has 0 radical (unpaired) electrons. The molecule has 0 atom stereocenters. The largest absolute Gasteiger partial charge is 0.385 e. The van der Waals surface area contributed by atoms with Gasteiger partial charge in [-0.25, -0.2) is 13.1 Å². The fourth-order valence-corrected chi connectivity index (χ4v) is 3.57. The summed E-state index contributed by atoms with van der Waals surface area (Å²) in [6.45, 7) is 8.91. The molecule has 6 nitrogen and oxygen atoms in total. The number of sulfonamides is 1. The lowest BCUT2D eigenvalue weighted by molar-refractivity contribution is 0.0981. The highest BCUT2D eigenvalue weighted by Crippen LogP contribution is 2.25. The average molecular weight is 424 g/mol. The van der Waals surface area contributed by atoms with Crippen molar-refractivity contribution in [3.05, 3.63) is 58.6 Å². The van der Waals surface area contributed by atoms with Crippen molar-refractivity contribution in [2.45, 2.75) is 33.1 Å². The van der Waals surface area contributed by atoms with Crippen molar-refractivity contribution in [2.24, 2.45) is 0 Å². The van der Waals surface area contributed by atoms with Crippen LogP contribution in [0.25, 0.3) is 0 Å². The maximum atomic E-state index is 12.3. The monoisotopic (exact) mass is 423 g/mol. The summed E-state index contributed by atoms with van der Waals surface area (Å²) in [6, 6.07) is 12.1. The summed E-state index contributed by atoms with van der Waals surface area (Å²) in [7, 11) is -3.89. The Hall–Kier alpha value is -2.25. The first-order valence-electron chi connectivity index (χ1n) is 8.94. The minimum absolute atomic E-state index is 0.0491. The van der Waals surface area contributed by atoms with Crippen molar-refractivity contribution >= 4 is 38.9 Å². The van der Waals surface area contributed by atoms with E-state index in [1.54, 1.807) is 30.3 Å². The van der Waals surface area contributed by atoms with Crippen LogP contribution in [0.1, 0.15) is 43.6 Å². The predicted octanol–water partition coefficient (Wildman–Crippen LogP) is 4.20. The van der Waals surface area contributed by atoms with E-state index in [9.17, 15) is 13.2 Å². The van der Waals surface area contributed by atoms with Gasteiger partial charge in [-0.05, 0) is 48.2 Å². The number of benzene rings is 2. The lowest BCUT2D eigenvalue weighted by Gasteiger charge is -2.19. The number of nitrogens with one attached hydrogen (secondary N) is 3. The van der Waals surface area contributed by atoms with Gasteiger partial charge in [0.05, 0.1) is 10.7 Å². The molecule has 0 unspecified atom stereocenters. The van der Waals surface area contributed by atoms with Gasteiger partial charge >= 0.3 is 0 Å². The Labute approximate surface area is 171 Å². The zero-order valence-electron chi connectivity index (χ0n) is 16.5. The number of hydrogen-bond acceptors (Lipinski definition) is 5. The molecule has 0 saturated heterocycles. The second-order valence-electron chi connectivity index (χ2n) is 7.42. The molecule has 0 aliphatic carbocycles. The van der Waals surface area contributed by atoms with E-state index in [1.807, 2.05) is 19.1 Å². The van der Waals surface area contributed by atoms with Crippen LogP contribution in [0, 0.1) is 0 Å². The van der Waals surface area contributed by atoms with Gasteiger partial charge in [-0.2, -0.15) is 0 Å². The third kappa shape index (κ3) is 6.14. The minimum Gasteiger partial charge on any atom is -0.385 e. The van der Waals surface area contributed by atoms with Gasteiger partial charge in [0.1, 0.15) is 5.88 Å². The zero-order valence-corrected chi connectivity index (χ0v) is 18.0. The SMILES string of the molecule is CCNc1ccc(NCS(=O)(=O)NC(=O)c2ccc(C(C)(C)C)cc2)c(Cl)c1. The summed E-state index contributed by atoms with van der Waals surface area (Å²) in [5.41, 5.74) is 2.60. The van der Waals surface area contributed by atoms with Crippen molar-refractivity contribution in [3.8, 4) is 0 Å². The summed E-state index contributed by atoms with van der Waals surface area (Å²) < 4.78 is 26.6. The van der Waals surface area contributed by atoms with Gasteiger partial charge in [-0.15, -0.1) is 0 Å². The Bertz CT molecular complexity index is 936. The van der Waals surface area contributed by atoms with E-state index in [-0.39, 0.29) is 11.0 Å². The molecule has 1 amide bonds. The third-order valence-corrected chi connectivity index (χ3v) is 5.40. The summed E-state index contributed by atoms with van der Waals surface area (Å²) >= 11 is 6.16. The van der Waals surface area contributed by atoms with E-state index in [0.29, 0.717) is 10.7 Å². The Morgan fingerprint density at radius 2 is 1.68 bits per heavy atom. The third-order valence-electron chi connectivity index (χ3n) is 4.06. The highest BCUT2D eigenvalue weighted by Gasteiger charge is 2.18. The van der Waals surface area contributed by atoms with Crippen LogP contribution >= 0.6 is 11.6 Å². The van der Waals surface area contributed by atoms with Crippen molar-refractivity contribution in [1.82, 2.24) is 4.72 Å². The average Bonchev–Trinajstić information content (AvgIpc) is 2.60. The molecule has 0 aliphatic rings. The number of anilines is 2. The standard InChI is InChI=1S/C20H26ClN3O3S/c1-5-22-16-10-11-18(17(21)12-16)23-13-28(26,27)24-19(25)14-6-8-15(9-7-14)20(2,3)4/h6-12,22-23H,5,13H2,1-4H3,(H,24,25). The zero-order chi connectivity index (χ0) is 20.9. The molecule has 0 aromatic heterocycles. The summed E-state index contributed by atoms with van der Waals surface area (Å²) in [6.07, 6.45) is 0. The van der Waals surface area contributed by atoms with E-state index in [1.165, 1.54) is 0 Å². The molecule has 152 valence electrons. The first-order valence-corrected chi connectivity index (χ1v) is 11.0. The van der Waals surface area contributed by atoms with Gasteiger partial charge in [0.15, 0.2) is 0 Å². The first-order chi connectivity index (χ1) is 13.0. The molecule has 3 N–H and O–H groups in total. The molecule has 0 spiro atoms. The van der Waals surface area contributed by atoms with Crippen LogP contribution in [0.5, 0.6) is 0 Å². The van der Waals surface area contributed by atoms with Crippen molar-refractivity contribution < 1.29 is 13.2 Å². The van der Waals surface area contributed by atoms with Crippen LogP contribution in [-0.4, -0.2) is 26.7 Å². The fourth-order valence-electron chi connectivity index (χ4n) is 2.50. The van der Waals surface area contributed by atoms with Crippen LogP contribution in [0.15, 0.2) is 42.5 Å². The molecule has 28 heavy (non-hydrogen) atoms. The van der Waals surface area contributed by atoms with E-state index in [2.05, 4.69) is 36.1 Å². The Kier molecular flexibility index (Phi) is 6.96. The lowest BCUT2D eigenvalue weighted by Crippen LogP contribution is -2.34. The second-order valence-corrected chi connectivity index (χ2v) is 9.55. The minimum atomic E-state index is -3.89. The second kappa shape index (κ2) is 8.84. The first kappa shape index (κ1) is 22.0. The van der Waals surface area contributed by atoms with Gasteiger partial charge in [0.2, 0.25) is 0 Å². The summed E-state index contributed by atoms with van der Waals surface area (Å²) in [4.78, 5) is 12.3. The van der Waals surface area contributed by atoms with Gasteiger partial charge in [-0.3, -0.25) is 4.79 Å². The molecular weight excluding hydrogens is 398 g/mol. The normalized spacial score (nSPS) is 11.8. The number of carbonyl (C=O) groups excluding carboxylic acids is 1. The topological polar surface area (TPSA) is 87.3 Å². The molecule has 2 rings (SSSR count). The molecular formula is C20H26ClN3O3S. The number of amides is 1. The maximum Gasteiger partial charge on any atom is 0.264 e. The number of carbonyl (C=O) groups is 1. The van der Waals surface area contributed by atoms with Crippen molar-refractivity contribution in [1.29, 1.82) is 0 Å². The molecule has 0 bridgehead atoms. The molecule has 8 heteroatoms. The molecule has 2 aromatic rings. The van der Waals surface area contributed by atoms with Crippen LogP contribution in [-0.2, 0) is 15.4 Å². The van der Waals surface area contributed by atoms with Gasteiger partial charge in [-0.1, -0.05) is 44.5 Å². The smallest absolute Gasteiger partial charge is 0.264 e. The highest BCUT2D eigenvalue weighted by molar-refractivity contribution is 7.90. The maximum absolute atomic E-state index is 12.3. The van der Waals surface area contributed by atoms with Gasteiger partial charge in [0, 0.05) is 17.8 Å². The Morgan fingerprint density at radius 3 is 2.21 bits per heavy atom. The van der Waals surface area contributed by atoms with E-state index in [0.717, 1.165) is 17.8 Å². The van der Waals surface area contributed by atoms with Crippen LogP contribution < -0.4 is 15.4 Å². The highest BCUT2D eigenvalue weighted by atomic mass is 35.5. The molecule has 0 heterocycles. The number of halogens is 1. The van der Waals surface area contributed by atoms with Crippen molar-refractivity contribution in [3.63, 3.8) is 0 Å². The quantitative estimate of drug-likeness (QED) is 0.621. The lowest BCUT2D eigenvalue weighted by atomic mass is 9.87. The van der Waals surface area contributed by atoms with Gasteiger partial charge in [0.25, 0.3) is 15.9 Å². The summed E-state index contributed by atoms with van der Waals surface area (Å²) in [5, 5.41) is 6.25. The van der Waals surface area contributed by atoms with Crippen LogP contribution in [0.2, 0.25) is 5.02 Å². The number of rotatable bonds is 7. The molecule has 0 fully saturated rings. The van der Waals surface area contributed by atoms with Crippen LogP contribution in [0.4, 0.5) is 11.4 Å². The Balaban J connectivity index is 2.00. The van der Waals surface area contributed by atoms with Gasteiger partial charge < -0.3 is 10.6 Å². The predicted molar refractivity (Wildman–Crippen MR) is 116 cm³/mol. The molecule has 0 saturated carbocycles. The van der Waals surface area contributed by atoms with E-state index in [4.69, 9.17) is 11.6 Å². The van der Waals surface area contributed by atoms with Crippen LogP contribution in [0.3, 0.4) is 0 Å². The Morgan fingerprint density at radius 1 is 1.04 bits per heavy atom. The fraction of sp³-hybridized carbons (Fsp3) is 0.350. The molecule has 0 aliphatic heterocycles. The summed E-state index contributed by atoms with van der Waals surface area (Å²) in [5.74, 6) is -1.14. The van der Waals surface area contributed by atoms with E-state index < -0.39 is 21.8 Å².